The summed E-state index contributed by atoms with van der Waals surface area (Å²) in [6.45, 7) is -0.0320. The Morgan fingerprint density at radius 1 is 0.864 bits per heavy atom. The van der Waals surface area contributed by atoms with Gasteiger partial charge in [0.1, 0.15) is 4.75 Å². The molecule has 1 N–H and O–H groups in total. The molecule has 240 valence electrons. The van der Waals surface area contributed by atoms with Crippen LogP contribution in [0.2, 0.25) is 0 Å². The van der Waals surface area contributed by atoms with Gasteiger partial charge in [-0.2, -0.15) is 26.3 Å². The van der Waals surface area contributed by atoms with Crippen molar-refractivity contribution in [2.24, 2.45) is 11.8 Å². The van der Waals surface area contributed by atoms with Crippen LogP contribution in [-0.2, 0) is 42.0 Å². The van der Waals surface area contributed by atoms with Gasteiger partial charge in [-0.05, 0) is 61.6 Å². The molecule has 5 rings (SSSR count). The van der Waals surface area contributed by atoms with Gasteiger partial charge in [-0.25, -0.2) is 12.8 Å². The third kappa shape index (κ3) is 5.06. The average Bonchev–Trinajstić information content (AvgIpc) is 3.37. The van der Waals surface area contributed by atoms with Crippen molar-refractivity contribution in [1.29, 1.82) is 0 Å². The van der Waals surface area contributed by atoms with Crippen LogP contribution in [-0.4, -0.2) is 55.2 Å². The molecule has 2 unspecified atom stereocenters. The van der Waals surface area contributed by atoms with Crippen molar-refractivity contribution in [3.63, 3.8) is 0 Å². The summed E-state index contributed by atoms with van der Waals surface area (Å²) in [6.07, 6.45) is -12.0. The molecule has 1 heterocycles. The number of carbonyl (C=O) groups excluding carboxylic acids is 1. The Bertz CT molecular complexity index is 1520. The minimum Gasteiger partial charge on any atom is -0.481 e. The number of halogens is 7. The van der Waals surface area contributed by atoms with Crippen molar-refractivity contribution >= 4 is 21.7 Å². The molecule has 1 amide bonds. The number of aryl methyl sites for hydroxylation is 1. The number of carboxylic acids is 1. The van der Waals surface area contributed by atoms with Gasteiger partial charge in [0.2, 0.25) is 5.91 Å². The van der Waals surface area contributed by atoms with Crippen molar-refractivity contribution in [2.45, 2.75) is 79.5 Å². The minimum absolute atomic E-state index is 0.0320. The lowest BCUT2D eigenvalue weighted by molar-refractivity contribution is -0.348. The summed E-state index contributed by atoms with van der Waals surface area (Å²) in [7, 11) is -4.28. The highest BCUT2D eigenvalue weighted by atomic mass is 32.2. The summed E-state index contributed by atoms with van der Waals surface area (Å²) in [5, 5.41) is 9.32. The Balaban J connectivity index is 1.59. The number of nitrogens with zero attached hydrogens (tertiary/aromatic N) is 1. The van der Waals surface area contributed by atoms with Gasteiger partial charge in [-0.3, -0.25) is 9.59 Å². The number of rotatable bonds is 6. The number of benzene rings is 2. The SMILES string of the molecule is O=C(O)C1CCC(C(=O)N2CCC3(S(=O)(=O)Cc4ccccc4)c4ccc(C(F)(C(F)(F)F)C(F)(F)F)cc4CCC23)CC1. The van der Waals surface area contributed by atoms with Crippen LogP contribution in [0, 0.1) is 11.8 Å². The number of hydrogen-bond donors (Lipinski definition) is 1. The molecular formula is C30H30F7NO5S. The number of amides is 1. The molecule has 0 radical (unpaired) electrons. The standard InChI is InChI=1S/C30H30F7NO5S/c31-28(29(32,33)34,30(35,36)37)22-11-12-23-21(16-22)10-13-24-27(23,44(42,43)17-18-4-2-1-3-5-18)14-15-38(24)25(39)19-6-8-20(9-7-19)26(40)41/h1-5,11-12,16,19-20,24H,6-10,13-15,17H2,(H,40,41). The van der Waals surface area contributed by atoms with E-state index in [4.69, 9.17) is 0 Å². The third-order valence-corrected chi connectivity index (χ3v) is 12.0. The molecule has 14 heteroatoms. The van der Waals surface area contributed by atoms with Crippen LogP contribution in [0.5, 0.6) is 0 Å². The maximum atomic E-state index is 15.0. The molecule has 0 bridgehead atoms. The lowest BCUT2D eigenvalue weighted by Crippen LogP contribution is -2.54. The fraction of sp³-hybridized carbons (Fsp3) is 0.533. The Labute approximate surface area is 249 Å². The first kappa shape index (κ1) is 32.2. The van der Waals surface area contributed by atoms with E-state index >= 15 is 0 Å². The number of fused-ring (bicyclic) bond motifs is 3. The molecule has 2 fully saturated rings. The van der Waals surface area contributed by atoms with Crippen LogP contribution < -0.4 is 0 Å². The zero-order valence-corrected chi connectivity index (χ0v) is 24.1. The van der Waals surface area contributed by atoms with Crippen molar-refractivity contribution in [3.05, 3.63) is 70.8 Å². The van der Waals surface area contributed by atoms with Gasteiger partial charge >= 0.3 is 24.0 Å². The van der Waals surface area contributed by atoms with Crippen LogP contribution >= 0.6 is 0 Å². The molecule has 1 aliphatic heterocycles. The number of sulfone groups is 1. The van der Waals surface area contributed by atoms with Gasteiger partial charge in [0.05, 0.1) is 17.7 Å². The number of carboxylic acid groups (broad SMARTS) is 1. The molecule has 0 aromatic heterocycles. The first-order chi connectivity index (χ1) is 20.4. The van der Waals surface area contributed by atoms with Gasteiger partial charge in [0.15, 0.2) is 9.84 Å². The number of aliphatic carboxylic acids is 1. The van der Waals surface area contributed by atoms with Gasteiger partial charge in [0, 0.05) is 18.0 Å². The van der Waals surface area contributed by atoms with Crippen LogP contribution in [0.3, 0.4) is 0 Å². The lowest BCUT2D eigenvalue weighted by atomic mass is 9.76. The largest absolute Gasteiger partial charge is 0.481 e. The highest BCUT2D eigenvalue weighted by Gasteiger charge is 2.73. The molecule has 2 atom stereocenters. The Kier molecular flexibility index (Phi) is 8.08. The predicted octanol–water partition coefficient (Wildman–Crippen LogP) is 6.22. The fourth-order valence-corrected chi connectivity index (χ4v) is 9.80. The molecule has 2 aromatic rings. The average molecular weight is 650 g/mol. The quantitative estimate of drug-likeness (QED) is 0.375. The van der Waals surface area contributed by atoms with Gasteiger partial charge in [0.25, 0.3) is 0 Å². The molecule has 3 aliphatic rings. The molecule has 0 spiro atoms. The number of likely N-dealkylation sites (tertiary alicyclic amines) is 1. The molecular weight excluding hydrogens is 619 g/mol. The van der Waals surface area contributed by atoms with Gasteiger partial charge in [-0.15, -0.1) is 0 Å². The van der Waals surface area contributed by atoms with E-state index in [0.717, 1.165) is 6.07 Å². The highest BCUT2D eigenvalue weighted by Crippen LogP contribution is 2.56. The second kappa shape index (κ2) is 11.0. The Morgan fingerprint density at radius 3 is 2.02 bits per heavy atom. The number of alkyl halides is 7. The van der Waals surface area contributed by atoms with Crippen molar-refractivity contribution in [2.75, 3.05) is 6.54 Å². The summed E-state index contributed by atoms with van der Waals surface area (Å²) in [6, 6.07) is 8.73. The van der Waals surface area contributed by atoms with Crippen LogP contribution in [0.4, 0.5) is 30.7 Å². The highest BCUT2D eigenvalue weighted by molar-refractivity contribution is 7.91. The van der Waals surface area contributed by atoms with Crippen molar-refractivity contribution < 1.29 is 53.8 Å². The zero-order chi connectivity index (χ0) is 32.3. The molecule has 44 heavy (non-hydrogen) atoms. The van der Waals surface area contributed by atoms with E-state index < -0.39 is 67.8 Å². The van der Waals surface area contributed by atoms with Gasteiger partial charge in [-0.1, -0.05) is 48.5 Å². The van der Waals surface area contributed by atoms with E-state index in [0.29, 0.717) is 17.7 Å². The molecule has 2 aliphatic carbocycles. The first-order valence-corrected chi connectivity index (χ1v) is 15.8. The molecule has 6 nitrogen and oxygen atoms in total. The molecule has 1 saturated carbocycles. The summed E-state index contributed by atoms with van der Waals surface area (Å²) < 4.78 is 123. The fourth-order valence-electron chi connectivity index (χ4n) is 7.31. The number of hydrogen-bond acceptors (Lipinski definition) is 4. The number of carbonyl (C=O) groups is 2. The topological polar surface area (TPSA) is 91.8 Å². The minimum atomic E-state index is -6.33. The molecule has 2 aromatic carbocycles. The summed E-state index contributed by atoms with van der Waals surface area (Å²) in [4.78, 5) is 26.6. The maximum Gasteiger partial charge on any atom is 0.435 e. The monoisotopic (exact) mass is 649 g/mol. The van der Waals surface area contributed by atoms with Crippen molar-refractivity contribution in [3.8, 4) is 0 Å². The Hall–Kier alpha value is -3.16. The van der Waals surface area contributed by atoms with E-state index in [9.17, 15) is 53.8 Å². The van der Waals surface area contributed by atoms with E-state index in [1.54, 1.807) is 30.3 Å². The van der Waals surface area contributed by atoms with E-state index in [1.165, 1.54) is 4.90 Å². The van der Waals surface area contributed by atoms with Crippen LogP contribution in [0.1, 0.15) is 60.8 Å². The second-order valence-corrected chi connectivity index (χ2v) is 14.1. The summed E-state index contributed by atoms with van der Waals surface area (Å²) in [5.41, 5.74) is -7.15. The smallest absolute Gasteiger partial charge is 0.435 e. The predicted molar refractivity (Wildman–Crippen MR) is 144 cm³/mol. The normalized spacial score (nSPS) is 26.2. The lowest BCUT2D eigenvalue weighted by Gasteiger charge is -2.44. The van der Waals surface area contributed by atoms with Gasteiger partial charge < -0.3 is 10.0 Å². The van der Waals surface area contributed by atoms with Crippen LogP contribution in [0.15, 0.2) is 48.5 Å². The van der Waals surface area contributed by atoms with Crippen molar-refractivity contribution in [1.82, 2.24) is 4.90 Å². The summed E-state index contributed by atoms with van der Waals surface area (Å²) in [5.74, 6) is -2.95. The maximum absolute atomic E-state index is 15.0. The zero-order valence-electron chi connectivity index (χ0n) is 23.3. The first-order valence-electron chi connectivity index (χ1n) is 14.2. The molecule has 1 saturated heterocycles. The second-order valence-electron chi connectivity index (χ2n) is 11.9. The van der Waals surface area contributed by atoms with E-state index in [1.807, 2.05) is 0 Å². The van der Waals surface area contributed by atoms with E-state index in [-0.39, 0.29) is 68.5 Å². The summed E-state index contributed by atoms with van der Waals surface area (Å²) >= 11 is 0. The third-order valence-electron chi connectivity index (χ3n) is 9.53. The van der Waals surface area contributed by atoms with Crippen LogP contribution in [0.25, 0.3) is 0 Å². The van der Waals surface area contributed by atoms with E-state index in [2.05, 4.69) is 0 Å². The Morgan fingerprint density at radius 2 is 1.45 bits per heavy atom.